The molecule has 0 aliphatic carbocycles. The molecule has 0 spiro atoms. The molecule has 0 radical (unpaired) electrons. The molecule has 3 rings (SSSR count). The number of Topliss-reactive ketones (excluding diaryl/α,β-unsaturated/α-hetero) is 1. The predicted molar refractivity (Wildman–Crippen MR) is 96.9 cm³/mol. The summed E-state index contributed by atoms with van der Waals surface area (Å²) in [4.78, 5) is 13.1. The van der Waals surface area contributed by atoms with E-state index in [1.54, 1.807) is 24.3 Å². The highest BCUT2D eigenvalue weighted by Crippen LogP contribution is 2.28. The number of ketones is 1. The van der Waals surface area contributed by atoms with E-state index in [-0.39, 0.29) is 23.0 Å². The Hall–Kier alpha value is -2.42. The molecule has 1 heterocycles. The Bertz CT molecular complexity index is 827. The SMILES string of the molecule is N#Cc1c(F)cccc1OC(C(=O)c1ccc(Cl)cc1)C1CCNCC1. The maximum absolute atomic E-state index is 13.9. The van der Waals surface area contributed by atoms with E-state index in [1.807, 2.05) is 6.07 Å². The zero-order valence-corrected chi connectivity index (χ0v) is 14.8. The summed E-state index contributed by atoms with van der Waals surface area (Å²) in [6.45, 7) is 1.57. The molecule has 2 aromatic rings. The summed E-state index contributed by atoms with van der Waals surface area (Å²) in [5.74, 6) is -0.776. The summed E-state index contributed by atoms with van der Waals surface area (Å²) in [7, 11) is 0. The number of hydrogen-bond donors (Lipinski definition) is 1. The molecule has 1 N–H and O–H groups in total. The van der Waals surface area contributed by atoms with Gasteiger partial charge in [0.1, 0.15) is 23.2 Å². The molecular formula is C20H18ClFN2O2. The topological polar surface area (TPSA) is 62.1 Å². The first-order chi connectivity index (χ1) is 12.6. The number of carbonyl (C=O) groups excluding carboxylic acids is 1. The summed E-state index contributed by atoms with van der Waals surface area (Å²) in [6, 6.07) is 12.6. The van der Waals surface area contributed by atoms with Crippen LogP contribution in [0.15, 0.2) is 42.5 Å². The molecule has 0 saturated carbocycles. The van der Waals surface area contributed by atoms with E-state index >= 15 is 0 Å². The van der Waals surface area contributed by atoms with Gasteiger partial charge in [-0.25, -0.2) is 4.39 Å². The van der Waals surface area contributed by atoms with Crippen LogP contribution >= 0.6 is 11.6 Å². The fourth-order valence-corrected chi connectivity index (χ4v) is 3.26. The van der Waals surface area contributed by atoms with Crippen molar-refractivity contribution in [2.45, 2.75) is 18.9 Å². The molecule has 6 heteroatoms. The first-order valence-electron chi connectivity index (χ1n) is 8.46. The zero-order valence-electron chi connectivity index (χ0n) is 14.0. The van der Waals surface area contributed by atoms with E-state index in [2.05, 4.69) is 5.32 Å². The lowest BCUT2D eigenvalue weighted by atomic mass is 9.87. The summed E-state index contributed by atoms with van der Waals surface area (Å²) >= 11 is 5.90. The van der Waals surface area contributed by atoms with Crippen LogP contribution in [0.4, 0.5) is 4.39 Å². The molecule has 0 bridgehead atoms. The van der Waals surface area contributed by atoms with Crippen molar-refractivity contribution < 1.29 is 13.9 Å². The lowest BCUT2D eigenvalue weighted by Gasteiger charge is -2.30. The van der Waals surface area contributed by atoms with Gasteiger partial charge < -0.3 is 10.1 Å². The van der Waals surface area contributed by atoms with Crippen molar-refractivity contribution in [2.75, 3.05) is 13.1 Å². The number of piperidine rings is 1. The Morgan fingerprint density at radius 2 is 1.92 bits per heavy atom. The minimum atomic E-state index is -0.785. The van der Waals surface area contributed by atoms with Gasteiger partial charge in [-0.1, -0.05) is 17.7 Å². The maximum atomic E-state index is 13.9. The smallest absolute Gasteiger partial charge is 0.203 e. The quantitative estimate of drug-likeness (QED) is 0.806. The van der Waals surface area contributed by atoms with Crippen LogP contribution in [0.1, 0.15) is 28.8 Å². The van der Waals surface area contributed by atoms with E-state index in [0.29, 0.717) is 10.6 Å². The lowest BCUT2D eigenvalue weighted by molar-refractivity contribution is 0.0626. The minimum absolute atomic E-state index is 0.0192. The number of rotatable bonds is 5. The minimum Gasteiger partial charge on any atom is -0.480 e. The molecular weight excluding hydrogens is 355 g/mol. The van der Waals surface area contributed by atoms with Gasteiger partial charge in [-0.15, -0.1) is 0 Å². The normalized spacial score (nSPS) is 15.9. The van der Waals surface area contributed by atoms with Crippen LogP contribution in [-0.2, 0) is 0 Å². The van der Waals surface area contributed by atoms with Gasteiger partial charge in [0.15, 0.2) is 6.10 Å². The molecule has 2 aromatic carbocycles. The highest BCUT2D eigenvalue weighted by Gasteiger charge is 2.33. The molecule has 26 heavy (non-hydrogen) atoms. The first-order valence-corrected chi connectivity index (χ1v) is 8.83. The van der Waals surface area contributed by atoms with Gasteiger partial charge >= 0.3 is 0 Å². The van der Waals surface area contributed by atoms with Crippen LogP contribution < -0.4 is 10.1 Å². The number of nitrogens with one attached hydrogen (secondary N) is 1. The molecule has 1 fully saturated rings. The van der Waals surface area contributed by atoms with Crippen LogP contribution in [-0.4, -0.2) is 25.0 Å². The Morgan fingerprint density at radius 1 is 1.23 bits per heavy atom. The second-order valence-corrected chi connectivity index (χ2v) is 6.66. The molecule has 0 aromatic heterocycles. The van der Waals surface area contributed by atoms with E-state index in [0.717, 1.165) is 25.9 Å². The van der Waals surface area contributed by atoms with Crippen LogP contribution in [0.5, 0.6) is 5.75 Å². The van der Waals surface area contributed by atoms with Gasteiger partial charge in [0.05, 0.1) is 0 Å². The Kier molecular flexibility index (Phi) is 5.87. The third-order valence-corrected chi connectivity index (χ3v) is 4.79. The number of ether oxygens (including phenoxy) is 1. The fourth-order valence-electron chi connectivity index (χ4n) is 3.14. The van der Waals surface area contributed by atoms with Crippen molar-refractivity contribution in [3.05, 3.63) is 64.4 Å². The van der Waals surface area contributed by atoms with Crippen molar-refractivity contribution in [3.8, 4) is 11.8 Å². The number of hydrogen-bond acceptors (Lipinski definition) is 4. The number of nitriles is 1. The number of nitrogens with zero attached hydrogens (tertiary/aromatic N) is 1. The first kappa shape index (κ1) is 18.4. The van der Waals surface area contributed by atoms with Gasteiger partial charge in [0, 0.05) is 16.5 Å². The highest BCUT2D eigenvalue weighted by molar-refractivity contribution is 6.30. The van der Waals surface area contributed by atoms with Crippen molar-refractivity contribution in [3.63, 3.8) is 0 Å². The summed E-state index contributed by atoms with van der Waals surface area (Å²) in [5, 5.41) is 13.0. The molecule has 134 valence electrons. The van der Waals surface area contributed by atoms with E-state index in [4.69, 9.17) is 16.3 Å². The van der Waals surface area contributed by atoms with Crippen LogP contribution in [0.2, 0.25) is 5.02 Å². The standard InChI is InChI=1S/C20H18ClFN2O2/c21-15-6-4-13(5-7-15)19(25)20(14-8-10-24-11-9-14)26-18-3-1-2-17(22)16(18)12-23/h1-7,14,20,24H,8-11H2. The fraction of sp³-hybridized carbons (Fsp3) is 0.300. The Morgan fingerprint density at radius 3 is 2.58 bits per heavy atom. The molecule has 4 nitrogen and oxygen atoms in total. The Labute approximate surface area is 156 Å². The molecule has 1 aliphatic heterocycles. The summed E-state index contributed by atoms with van der Waals surface area (Å²) < 4.78 is 19.8. The second kappa shape index (κ2) is 8.31. The third kappa shape index (κ3) is 4.04. The molecule has 1 saturated heterocycles. The number of benzene rings is 2. The molecule has 1 aliphatic rings. The zero-order chi connectivity index (χ0) is 18.5. The van der Waals surface area contributed by atoms with Gasteiger partial charge in [-0.2, -0.15) is 5.26 Å². The van der Waals surface area contributed by atoms with Gasteiger partial charge in [0.2, 0.25) is 5.78 Å². The summed E-state index contributed by atoms with van der Waals surface area (Å²) in [6.07, 6.45) is 0.745. The van der Waals surface area contributed by atoms with Gasteiger partial charge in [-0.3, -0.25) is 4.79 Å². The number of carbonyl (C=O) groups is 1. The van der Waals surface area contributed by atoms with Crippen molar-refractivity contribution >= 4 is 17.4 Å². The van der Waals surface area contributed by atoms with Crippen LogP contribution in [0.3, 0.4) is 0 Å². The van der Waals surface area contributed by atoms with Crippen LogP contribution in [0.25, 0.3) is 0 Å². The Balaban J connectivity index is 1.93. The van der Waals surface area contributed by atoms with E-state index < -0.39 is 11.9 Å². The molecule has 1 unspecified atom stereocenters. The number of halogens is 2. The van der Waals surface area contributed by atoms with E-state index in [1.165, 1.54) is 18.2 Å². The van der Waals surface area contributed by atoms with E-state index in [9.17, 15) is 14.4 Å². The molecule has 1 atom stereocenters. The summed E-state index contributed by atoms with van der Waals surface area (Å²) in [5.41, 5.74) is 0.295. The predicted octanol–water partition coefficient (Wildman–Crippen LogP) is 3.98. The lowest BCUT2D eigenvalue weighted by Crippen LogP contribution is -2.41. The molecule has 0 amide bonds. The van der Waals surface area contributed by atoms with Crippen LogP contribution in [0, 0.1) is 23.1 Å². The van der Waals surface area contributed by atoms with Crippen molar-refractivity contribution in [2.24, 2.45) is 5.92 Å². The van der Waals surface area contributed by atoms with Gasteiger partial charge in [0.25, 0.3) is 0 Å². The van der Waals surface area contributed by atoms with Crippen molar-refractivity contribution in [1.29, 1.82) is 5.26 Å². The highest BCUT2D eigenvalue weighted by atomic mass is 35.5. The largest absolute Gasteiger partial charge is 0.480 e. The van der Waals surface area contributed by atoms with Gasteiger partial charge in [-0.05, 0) is 62.3 Å². The third-order valence-electron chi connectivity index (χ3n) is 4.54. The second-order valence-electron chi connectivity index (χ2n) is 6.22. The maximum Gasteiger partial charge on any atom is 0.203 e. The average molecular weight is 373 g/mol. The van der Waals surface area contributed by atoms with Crippen molar-refractivity contribution in [1.82, 2.24) is 5.32 Å². The average Bonchev–Trinajstić information content (AvgIpc) is 2.67. The monoisotopic (exact) mass is 372 g/mol.